The number of ether oxygens (including phenoxy) is 1. The molecule has 146 valence electrons. The molecule has 1 atom stereocenters. The summed E-state index contributed by atoms with van der Waals surface area (Å²) >= 11 is 0. The van der Waals surface area contributed by atoms with E-state index in [0.717, 1.165) is 54.3 Å². The average Bonchev–Trinajstić information content (AvgIpc) is 3.27. The zero-order valence-corrected chi connectivity index (χ0v) is 16.6. The van der Waals surface area contributed by atoms with E-state index in [0.29, 0.717) is 18.1 Å². The Labute approximate surface area is 171 Å². The van der Waals surface area contributed by atoms with E-state index in [1.165, 1.54) is 0 Å². The highest BCUT2D eigenvalue weighted by Gasteiger charge is 2.24. The first kappa shape index (κ1) is 18.9. The van der Waals surface area contributed by atoms with Crippen LogP contribution in [0, 0.1) is 17.2 Å². The molecule has 0 radical (unpaired) electrons. The van der Waals surface area contributed by atoms with Crippen LogP contribution in [-0.2, 0) is 6.42 Å². The summed E-state index contributed by atoms with van der Waals surface area (Å²) in [5.41, 5.74) is 4.04. The number of hydrogen-bond donors (Lipinski definition) is 0. The van der Waals surface area contributed by atoms with E-state index in [1.54, 1.807) is 0 Å². The van der Waals surface area contributed by atoms with Crippen LogP contribution >= 0.6 is 0 Å². The molecule has 1 aliphatic rings. The van der Waals surface area contributed by atoms with E-state index >= 15 is 0 Å². The van der Waals surface area contributed by atoms with Gasteiger partial charge in [0.25, 0.3) is 0 Å². The number of aromatic nitrogens is 2. The Morgan fingerprint density at radius 3 is 2.31 bits per heavy atom. The van der Waals surface area contributed by atoms with Crippen LogP contribution in [0.4, 0.5) is 5.95 Å². The summed E-state index contributed by atoms with van der Waals surface area (Å²) in [5.74, 6) is 2.17. The summed E-state index contributed by atoms with van der Waals surface area (Å²) < 4.78 is 6.03. The molecule has 1 aromatic heterocycles. The maximum Gasteiger partial charge on any atom is 0.225 e. The summed E-state index contributed by atoms with van der Waals surface area (Å²) in [6, 6.07) is 17.9. The third-order valence-electron chi connectivity index (χ3n) is 5.36. The molecule has 29 heavy (non-hydrogen) atoms. The molecule has 0 bridgehead atoms. The largest absolute Gasteiger partial charge is 0.493 e. The van der Waals surface area contributed by atoms with Crippen LogP contribution in [0.1, 0.15) is 24.5 Å². The molecule has 0 spiro atoms. The normalized spacial score (nSPS) is 15.9. The molecule has 0 amide bonds. The minimum absolute atomic E-state index is 0.475. The zero-order valence-electron chi connectivity index (χ0n) is 16.6. The molecule has 0 unspecified atom stereocenters. The van der Waals surface area contributed by atoms with Crippen molar-refractivity contribution < 1.29 is 4.74 Å². The van der Waals surface area contributed by atoms with Crippen LogP contribution in [0.3, 0.4) is 0 Å². The fourth-order valence-corrected chi connectivity index (χ4v) is 3.54. The predicted molar refractivity (Wildman–Crippen MR) is 114 cm³/mol. The predicted octanol–water partition coefficient (Wildman–Crippen LogP) is 4.48. The Bertz CT molecular complexity index is 975. The number of nitrogens with zero attached hydrogens (tertiary/aromatic N) is 4. The lowest BCUT2D eigenvalue weighted by atomic mass is 10.0. The highest BCUT2D eigenvalue weighted by atomic mass is 16.5. The van der Waals surface area contributed by atoms with Crippen molar-refractivity contribution in [1.82, 2.24) is 9.97 Å². The van der Waals surface area contributed by atoms with Gasteiger partial charge in [0.1, 0.15) is 5.75 Å². The fourth-order valence-electron chi connectivity index (χ4n) is 3.54. The molecule has 3 aromatic rings. The number of aryl methyl sites for hydroxylation is 1. The summed E-state index contributed by atoms with van der Waals surface area (Å²) in [5, 5.41) is 8.91. The maximum atomic E-state index is 8.91. The van der Waals surface area contributed by atoms with Gasteiger partial charge in [0.2, 0.25) is 5.95 Å². The van der Waals surface area contributed by atoms with Gasteiger partial charge in [0.05, 0.1) is 18.2 Å². The number of rotatable bonds is 6. The molecule has 5 nitrogen and oxygen atoms in total. The van der Waals surface area contributed by atoms with Gasteiger partial charge in [-0.25, -0.2) is 9.97 Å². The van der Waals surface area contributed by atoms with Gasteiger partial charge >= 0.3 is 0 Å². The second kappa shape index (κ2) is 8.74. The maximum absolute atomic E-state index is 8.91. The Morgan fingerprint density at radius 1 is 1.03 bits per heavy atom. The summed E-state index contributed by atoms with van der Waals surface area (Å²) in [6.07, 6.45) is 5.88. The Balaban J connectivity index is 1.30. The van der Waals surface area contributed by atoms with Crippen molar-refractivity contribution >= 4 is 5.95 Å². The van der Waals surface area contributed by atoms with Gasteiger partial charge in [-0.2, -0.15) is 5.26 Å². The molecular weight excluding hydrogens is 360 g/mol. The van der Waals surface area contributed by atoms with E-state index in [-0.39, 0.29) is 0 Å². The second-order valence-corrected chi connectivity index (χ2v) is 7.37. The monoisotopic (exact) mass is 384 g/mol. The van der Waals surface area contributed by atoms with Gasteiger partial charge in [-0.1, -0.05) is 31.2 Å². The summed E-state index contributed by atoms with van der Waals surface area (Å²) in [6.45, 7) is 4.70. The molecular formula is C24H24N4O. The van der Waals surface area contributed by atoms with E-state index in [9.17, 15) is 0 Å². The van der Waals surface area contributed by atoms with E-state index in [2.05, 4.69) is 40.0 Å². The molecule has 1 aliphatic heterocycles. The van der Waals surface area contributed by atoms with Crippen molar-refractivity contribution in [1.29, 1.82) is 5.26 Å². The standard InChI is InChI=1S/C24H24N4O/c1-2-18-14-26-24(27-15-18)28-12-11-20(16-28)17-29-23-9-7-22(8-10-23)21-5-3-19(13-25)4-6-21/h3-10,14-15,20H,2,11-12,16-17H2,1H3/t20-/m0/s1. The van der Waals surface area contributed by atoms with Crippen LogP contribution in [0.15, 0.2) is 60.9 Å². The first-order valence-corrected chi connectivity index (χ1v) is 10.0. The third kappa shape index (κ3) is 4.55. The van der Waals surface area contributed by atoms with Gasteiger partial charge in [-0.3, -0.25) is 0 Å². The number of anilines is 1. The van der Waals surface area contributed by atoms with Gasteiger partial charge in [0.15, 0.2) is 0 Å². The van der Waals surface area contributed by atoms with E-state index in [4.69, 9.17) is 10.00 Å². The smallest absolute Gasteiger partial charge is 0.225 e. The first-order valence-electron chi connectivity index (χ1n) is 10.0. The Hall–Kier alpha value is -3.39. The molecule has 1 saturated heterocycles. The Morgan fingerprint density at radius 2 is 1.69 bits per heavy atom. The van der Waals surface area contributed by atoms with Crippen molar-refractivity contribution in [3.8, 4) is 22.9 Å². The highest BCUT2D eigenvalue weighted by molar-refractivity contribution is 5.64. The van der Waals surface area contributed by atoms with Gasteiger partial charge < -0.3 is 9.64 Å². The molecule has 4 rings (SSSR count). The number of benzene rings is 2. The lowest BCUT2D eigenvalue weighted by Gasteiger charge is -2.16. The minimum Gasteiger partial charge on any atom is -0.493 e. The molecule has 1 fully saturated rings. The number of nitriles is 1. The minimum atomic E-state index is 0.475. The van der Waals surface area contributed by atoms with Crippen LogP contribution < -0.4 is 9.64 Å². The van der Waals surface area contributed by atoms with Crippen molar-refractivity contribution in [3.05, 3.63) is 72.1 Å². The van der Waals surface area contributed by atoms with Gasteiger partial charge in [-0.05, 0) is 53.8 Å². The van der Waals surface area contributed by atoms with Crippen molar-refractivity contribution in [2.75, 3.05) is 24.6 Å². The van der Waals surface area contributed by atoms with Crippen molar-refractivity contribution in [2.24, 2.45) is 5.92 Å². The van der Waals surface area contributed by atoms with Crippen LogP contribution in [0.5, 0.6) is 5.75 Å². The average molecular weight is 384 g/mol. The lowest BCUT2D eigenvalue weighted by Crippen LogP contribution is -2.23. The SMILES string of the molecule is CCc1cnc(N2CC[C@H](COc3ccc(-c4ccc(C#N)cc4)cc3)C2)nc1. The molecule has 5 heteroatoms. The zero-order chi connectivity index (χ0) is 20.1. The third-order valence-corrected chi connectivity index (χ3v) is 5.36. The molecule has 2 heterocycles. The van der Waals surface area contributed by atoms with Gasteiger partial charge in [0, 0.05) is 31.4 Å². The van der Waals surface area contributed by atoms with E-state index < -0.39 is 0 Å². The number of hydrogen-bond acceptors (Lipinski definition) is 5. The molecule has 0 saturated carbocycles. The highest BCUT2D eigenvalue weighted by Crippen LogP contribution is 2.25. The molecule has 2 aromatic carbocycles. The quantitative estimate of drug-likeness (QED) is 0.627. The van der Waals surface area contributed by atoms with E-state index in [1.807, 2.05) is 48.8 Å². The molecule has 0 N–H and O–H groups in total. The molecule has 0 aliphatic carbocycles. The lowest BCUT2D eigenvalue weighted by molar-refractivity contribution is 0.261. The second-order valence-electron chi connectivity index (χ2n) is 7.37. The summed E-state index contributed by atoms with van der Waals surface area (Å²) in [4.78, 5) is 11.2. The van der Waals surface area contributed by atoms with Gasteiger partial charge in [-0.15, -0.1) is 0 Å². The van der Waals surface area contributed by atoms with Crippen molar-refractivity contribution in [2.45, 2.75) is 19.8 Å². The van der Waals surface area contributed by atoms with Crippen LogP contribution in [0.25, 0.3) is 11.1 Å². The fraction of sp³-hybridized carbons (Fsp3) is 0.292. The Kier molecular flexibility index (Phi) is 5.71. The van der Waals surface area contributed by atoms with Crippen LogP contribution in [0.2, 0.25) is 0 Å². The van der Waals surface area contributed by atoms with Crippen molar-refractivity contribution in [3.63, 3.8) is 0 Å². The van der Waals surface area contributed by atoms with Crippen LogP contribution in [-0.4, -0.2) is 29.7 Å². The summed E-state index contributed by atoms with van der Waals surface area (Å²) in [7, 11) is 0. The topological polar surface area (TPSA) is 62.0 Å². The first-order chi connectivity index (χ1) is 14.2.